The molecule has 26 heavy (non-hydrogen) atoms. The van der Waals surface area contributed by atoms with Gasteiger partial charge < -0.3 is 10.6 Å². The van der Waals surface area contributed by atoms with Crippen LogP contribution in [-0.4, -0.2) is 39.7 Å². The van der Waals surface area contributed by atoms with E-state index in [-0.39, 0.29) is 24.4 Å². The minimum Gasteiger partial charge on any atom is -0.344 e. The van der Waals surface area contributed by atoms with Gasteiger partial charge in [0, 0.05) is 4.90 Å². The molecule has 0 bridgehead atoms. The van der Waals surface area contributed by atoms with E-state index in [0.29, 0.717) is 11.7 Å². The minimum absolute atomic E-state index is 0. The van der Waals surface area contributed by atoms with Crippen molar-refractivity contribution in [1.82, 2.24) is 25.6 Å². The van der Waals surface area contributed by atoms with Crippen molar-refractivity contribution in [3.63, 3.8) is 0 Å². The number of thioether (sulfide) groups is 1. The Balaban J connectivity index is 0.00000243. The Kier molecular flexibility index (Phi) is 7.93. The maximum Gasteiger partial charge on any atom is 0.273 e. The summed E-state index contributed by atoms with van der Waals surface area (Å²) in [5.41, 5.74) is 1.46. The van der Waals surface area contributed by atoms with Crippen LogP contribution in [0.1, 0.15) is 54.8 Å². The predicted molar refractivity (Wildman–Crippen MR) is 107 cm³/mol. The van der Waals surface area contributed by atoms with Crippen LogP contribution in [0.5, 0.6) is 0 Å². The van der Waals surface area contributed by atoms with E-state index in [0.717, 1.165) is 37.2 Å². The molecule has 1 unspecified atom stereocenters. The normalized spacial score (nSPS) is 15.9. The second-order valence-electron chi connectivity index (χ2n) is 6.26. The lowest BCUT2D eigenvalue weighted by molar-refractivity contribution is 0.0934. The number of hydrogen-bond donors (Lipinski definition) is 2. The number of benzene rings is 1. The molecule has 0 saturated carbocycles. The Bertz CT molecular complexity index is 700. The van der Waals surface area contributed by atoms with E-state index in [1.165, 1.54) is 4.90 Å². The zero-order valence-electron chi connectivity index (χ0n) is 15.1. The first-order valence-corrected chi connectivity index (χ1v) is 9.82. The van der Waals surface area contributed by atoms with Crippen molar-refractivity contribution in [1.29, 1.82) is 0 Å². The summed E-state index contributed by atoms with van der Waals surface area (Å²) < 4.78 is 1.83. The van der Waals surface area contributed by atoms with Crippen molar-refractivity contribution in [3.8, 4) is 0 Å². The summed E-state index contributed by atoms with van der Waals surface area (Å²) in [4.78, 5) is 13.7. The molecule has 0 radical (unpaired) electrons. The molecule has 0 spiro atoms. The highest BCUT2D eigenvalue weighted by atomic mass is 35.5. The van der Waals surface area contributed by atoms with Crippen LogP contribution in [0.25, 0.3) is 0 Å². The first-order chi connectivity index (χ1) is 12.2. The lowest BCUT2D eigenvalue weighted by atomic mass is 10.1. The van der Waals surface area contributed by atoms with Crippen LogP contribution in [0.2, 0.25) is 0 Å². The van der Waals surface area contributed by atoms with Gasteiger partial charge in [0.15, 0.2) is 5.69 Å². The SMILES string of the molecule is CCSc1ccc(C(C)NC(=O)c2cn(C3CCNCC3)nn2)cc1.Cl. The molecule has 2 aromatic rings. The number of amides is 1. The second-order valence-corrected chi connectivity index (χ2v) is 7.60. The fraction of sp³-hybridized carbons (Fsp3) is 0.500. The lowest BCUT2D eigenvalue weighted by Gasteiger charge is -2.22. The number of carbonyl (C=O) groups excluding carboxylic acids is 1. The Morgan fingerprint density at radius 3 is 2.69 bits per heavy atom. The van der Waals surface area contributed by atoms with Crippen LogP contribution in [0.4, 0.5) is 0 Å². The predicted octanol–water partition coefficient (Wildman–Crippen LogP) is 3.23. The molecular weight excluding hydrogens is 370 g/mol. The second kappa shape index (κ2) is 9.94. The molecule has 1 amide bonds. The lowest BCUT2D eigenvalue weighted by Crippen LogP contribution is -2.29. The summed E-state index contributed by atoms with van der Waals surface area (Å²) in [5, 5.41) is 14.5. The Hall–Kier alpha value is -1.57. The molecule has 1 aliphatic rings. The molecule has 142 valence electrons. The van der Waals surface area contributed by atoms with E-state index < -0.39 is 0 Å². The number of piperidine rings is 1. The van der Waals surface area contributed by atoms with Crippen LogP contribution in [0.3, 0.4) is 0 Å². The first-order valence-electron chi connectivity index (χ1n) is 8.83. The molecule has 1 fully saturated rings. The van der Waals surface area contributed by atoms with Crippen molar-refractivity contribution in [2.45, 2.75) is 43.7 Å². The van der Waals surface area contributed by atoms with Gasteiger partial charge in [-0.3, -0.25) is 4.79 Å². The van der Waals surface area contributed by atoms with Crippen molar-refractivity contribution in [2.24, 2.45) is 0 Å². The van der Waals surface area contributed by atoms with Gasteiger partial charge in [0.2, 0.25) is 0 Å². The average Bonchev–Trinajstić information content (AvgIpc) is 3.13. The van der Waals surface area contributed by atoms with Crippen LogP contribution in [0.15, 0.2) is 35.4 Å². The summed E-state index contributed by atoms with van der Waals surface area (Å²) in [6.07, 6.45) is 3.80. The van der Waals surface area contributed by atoms with Gasteiger partial charge in [0.1, 0.15) is 0 Å². The highest BCUT2D eigenvalue weighted by Gasteiger charge is 2.19. The van der Waals surface area contributed by atoms with Gasteiger partial charge in [0.05, 0.1) is 18.3 Å². The molecule has 3 rings (SSSR count). The fourth-order valence-electron chi connectivity index (χ4n) is 3.00. The van der Waals surface area contributed by atoms with E-state index in [9.17, 15) is 4.79 Å². The van der Waals surface area contributed by atoms with Crippen LogP contribution < -0.4 is 10.6 Å². The third-order valence-corrected chi connectivity index (χ3v) is 5.36. The molecule has 1 saturated heterocycles. The summed E-state index contributed by atoms with van der Waals surface area (Å²) in [5.74, 6) is 0.873. The van der Waals surface area contributed by atoms with Crippen molar-refractivity contribution in [2.75, 3.05) is 18.8 Å². The first kappa shape index (κ1) is 20.7. The van der Waals surface area contributed by atoms with Gasteiger partial charge >= 0.3 is 0 Å². The summed E-state index contributed by atoms with van der Waals surface area (Å²) in [7, 11) is 0. The third-order valence-electron chi connectivity index (χ3n) is 4.46. The molecule has 8 heteroatoms. The number of rotatable bonds is 6. The Morgan fingerprint density at radius 2 is 2.04 bits per heavy atom. The number of hydrogen-bond acceptors (Lipinski definition) is 5. The molecular formula is C18H26ClN5OS. The number of aromatic nitrogens is 3. The van der Waals surface area contributed by atoms with Crippen molar-refractivity contribution >= 4 is 30.1 Å². The Labute approximate surface area is 164 Å². The average molecular weight is 396 g/mol. The van der Waals surface area contributed by atoms with E-state index in [1.54, 1.807) is 6.20 Å². The molecule has 1 aromatic carbocycles. The standard InChI is InChI=1S/C18H25N5OS.ClH/c1-3-25-16-6-4-14(5-7-16)13(2)20-18(24)17-12-23(22-21-17)15-8-10-19-11-9-15;/h4-7,12-13,15,19H,3,8-11H2,1-2H3,(H,20,24);1H. The van der Waals surface area contributed by atoms with Crippen LogP contribution in [-0.2, 0) is 0 Å². The van der Waals surface area contributed by atoms with Gasteiger partial charge in [-0.1, -0.05) is 24.3 Å². The van der Waals surface area contributed by atoms with Gasteiger partial charge in [-0.15, -0.1) is 29.3 Å². The van der Waals surface area contributed by atoms with Gasteiger partial charge in [-0.05, 0) is 56.3 Å². The zero-order valence-corrected chi connectivity index (χ0v) is 16.8. The molecule has 2 heterocycles. The quantitative estimate of drug-likeness (QED) is 0.734. The summed E-state index contributed by atoms with van der Waals surface area (Å²) in [6.45, 7) is 6.08. The fourth-order valence-corrected chi connectivity index (χ4v) is 3.67. The highest BCUT2D eigenvalue weighted by Crippen LogP contribution is 2.21. The molecule has 1 atom stereocenters. The summed E-state index contributed by atoms with van der Waals surface area (Å²) in [6, 6.07) is 8.58. The molecule has 6 nitrogen and oxygen atoms in total. The maximum atomic E-state index is 12.5. The van der Waals surface area contributed by atoms with E-state index in [2.05, 4.69) is 52.1 Å². The van der Waals surface area contributed by atoms with Crippen molar-refractivity contribution < 1.29 is 4.79 Å². The minimum atomic E-state index is -0.181. The topological polar surface area (TPSA) is 71.8 Å². The van der Waals surface area contributed by atoms with Crippen molar-refractivity contribution in [3.05, 3.63) is 41.7 Å². The smallest absolute Gasteiger partial charge is 0.273 e. The van der Waals surface area contributed by atoms with E-state index >= 15 is 0 Å². The number of halogens is 1. The molecule has 2 N–H and O–H groups in total. The van der Waals surface area contributed by atoms with Crippen LogP contribution >= 0.6 is 24.2 Å². The summed E-state index contributed by atoms with van der Waals surface area (Å²) >= 11 is 1.81. The number of nitrogens with one attached hydrogen (secondary N) is 2. The van der Waals surface area contributed by atoms with Gasteiger partial charge in [0.25, 0.3) is 5.91 Å². The molecule has 0 aliphatic carbocycles. The number of carbonyl (C=O) groups is 1. The Morgan fingerprint density at radius 1 is 1.35 bits per heavy atom. The van der Waals surface area contributed by atoms with E-state index in [4.69, 9.17) is 0 Å². The number of nitrogens with zero attached hydrogens (tertiary/aromatic N) is 3. The largest absolute Gasteiger partial charge is 0.344 e. The van der Waals surface area contributed by atoms with Gasteiger partial charge in [-0.2, -0.15) is 0 Å². The van der Waals surface area contributed by atoms with Crippen LogP contribution in [0, 0.1) is 0 Å². The van der Waals surface area contributed by atoms with E-state index in [1.807, 2.05) is 23.4 Å². The highest BCUT2D eigenvalue weighted by molar-refractivity contribution is 7.99. The molecule has 1 aliphatic heterocycles. The third kappa shape index (κ3) is 5.22. The molecule has 1 aromatic heterocycles. The van der Waals surface area contributed by atoms with Gasteiger partial charge in [-0.25, -0.2) is 4.68 Å². The zero-order chi connectivity index (χ0) is 17.6. The maximum absolute atomic E-state index is 12.5. The monoisotopic (exact) mass is 395 g/mol.